The molecule has 7 heteroatoms. The number of hydrogen-bond acceptors (Lipinski definition) is 6. The van der Waals surface area contributed by atoms with Gasteiger partial charge >= 0.3 is 0 Å². The van der Waals surface area contributed by atoms with Crippen LogP contribution in [0.5, 0.6) is 5.75 Å². The Morgan fingerprint density at radius 3 is 2.52 bits per heavy atom. The van der Waals surface area contributed by atoms with Gasteiger partial charge in [-0.3, -0.25) is 9.69 Å². The van der Waals surface area contributed by atoms with Gasteiger partial charge in [0.25, 0.3) is 5.91 Å². The number of para-hydroxylation sites is 2. The summed E-state index contributed by atoms with van der Waals surface area (Å²) < 4.78 is 6.05. The molecule has 1 aliphatic carbocycles. The largest absolute Gasteiger partial charge is 0.490 e. The molecular weight excluding hydrogens is 390 g/mol. The quantitative estimate of drug-likeness (QED) is 0.687. The number of fused-ring (bicyclic) bond motifs is 1. The molecule has 1 saturated carbocycles. The van der Waals surface area contributed by atoms with Crippen LogP contribution in [0.1, 0.15) is 35.4 Å². The third kappa shape index (κ3) is 4.18. The minimum atomic E-state index is 0.0424. The summed E-state index contributed by atoms with van der Waals surface area (Å²) in [6, 6.07) is 15.4. The summed E-state index contributed by atoms with van der Waals surface area (Å²) in [5.41, 5.74) is 7.64. The average Bonchev–Trinajstić information content (AvgIpc) is 2.77. The molecule has 160 valence electrons. The van der Waals surface area contributed by atoms with Crippen LogP contribution in [0.15, 0.2) is 48.5 Å². The van der Waals surface area contributed by atoms with Crippen molar-refractivity contribution in [2.24, 2.45) is 0 Å². The number of anilines is 1. The zero-order valence-corrected chi connectivity index (χ0v) is 17.5. The molecule has 1 aromatic heterocycles. The molecule has 3 aromatic rings. The van der Waals surface area contributed by atoms with Crippen LogP contribution in [0.4, 0.5) is 5.82 Å². The van der Waals surface area contributed by atoms with Gasteiger partial charge in [-0.2, -0.15) is 0 Å². The first-order valence-electron chi connectivity index (χ1n) is 11.0. The third-order valence-electron chi connectivity index (χ3n) is 6.17. The van der Waals surface area contributed by atoms with Gasteiger partial charge in [-0.1, -0.05) is 24.3 Å². The van der Waals surface area contributed by atoms with Crippen molar-refractivity contribution in [2.75, 3.05) is 31.9 Å². The maximum atomic E-state index is 13.2. The summed E-state index contributed by atoms with van der Waals surface area (Å²) in [6.45, 7) is 3.50. The Morgan fingerprint density at radius 2 is 1.74 bits per heavy atom. The van der Waals surface area contributed by atoms with Crippen molar-refractivity contribution < 1.29 is 9.53 Å². The van der Waals surface area contributed by atoms with E-state index in [4.69, 9.17) is 10.5 Å². The second kappa shape index (κ2) is 8.51. The summed E-state index contributed by atoms with van der Waals surface area (Å²) in [4.78, 5) is 26.5. The summed E-state index contributed by atoms with van der Waals surface area (Å²) in [5, 5.41) is 0.879. The number of nitrogen functional groups attached to an aromatic ring is 1. The normalized spacial score (nSPS) is 17.5. The van der Waals surface area contributed by atoms with E-state index >= 15 is 0 Å². The number of nitrogens with zero attached hydrogens (tertiary/aromatic N) is 4. The van der Waals surface area contributed by atoms with Crippen LogP contribution in [0.2, 0.25) is 0 Å². The molecule has 1 aliphatic heterocycles. The van der Waals surface area contributed by atoms with Gasteiger partial charge in [-0.15, -0.1) is 0 Å². The van der Waals surface area contributed by atoms with Crippen molar-refractivity contribution in [1.29, 1.82) is 0 Å². The zero-order valence-electron chi connectivity index (χ0n) is 17.5. The number of aromatic nitrogens is 2. The second-order valence-corrected chi connectivity index (χ2v) is 8.28. The van der Waals surface area contributed by atoms with Gasteiger partial charge in [-0.05, 0) is 43.5 Å². The van der Waals surface area contributed by atoms with Crippen LogP contribution >= 0.6 is 0 Å². The van der Waals surface area contributed by atoms with Crippen molar-refractivity contribution >= 4 is 22.6 Å². The number of carbonyl (C=O) groups is 1. The number of nitrogens with two attached hydrogens (primary N) is 1. The van der Waals surface area contributed by atoms with Crippen LogP contribution in [0.25, 0.3) is 10.9 Å². The number of hydrogen-bond donors (Lipinski definition) is 1. The first-order chi connectivity index (χ1) is 15.2. The third-order valence-corrected chi connectivity index (χ3v) is 6.17. The Morgan fingerprint density at radius 1 is 1.00 bits per heavy atom. The first-order valence-corrected chi connectivity index (χ1v) is 11.0. The van der Waals surface area contributed by atoms with E-state index in [1.54, 1.807) is 0 Å². The summed E-state index contributed by atoms with van der Waals surface area (Å²) >= 11 is 0. The molecule has 0 spiro atoms. The molecule has 7 nitrogen and oxygen atoms in total. The van der Waals surface area contributed by atoms with Gasteiger partial charge in [0.15, 0.2) is 0 Å². The predicted octanol–water partition coefficient (Wildman–Crippen LogP) is 3.10. The lowest BCUT2D eigenvalue weighted by Crippen LogP contribution is -2.48. The van der Waals surface area contributed by atoms with E-state index in [0.29, 0.717) is 36.8 Å². The second-order valence-electron chi connectivity index (χ2n) is 8.28. The molecule has 1 saturated heterocycles. The maximum absolute atomic E-state index is 13.2. The molecular formula is C24H27N5O2. The number of rotatable bonds is 5. The molecule has 0 unspecified atom stereocenters. The van der Waals surface area contributed by atoms with Gasteiger partial charge in [0.05, 0.1) is 23.7 Å². The van der Waals surface area contributed by atoms with Crippen LogP contribution < -0.4 is 10.5 Å². The van der Waals surface area contributed by atoms with Crippen LogP contribution in [0.3, 0.4) is 0 Å². The summed E-state index contributed by atoms with van der Waals surface area (Å²) in [7, 11) is 0. The summed E-state index contributed by atoms with van der Waals surface area (Å²) in [5.74, 6) is 1.98. The van der Waals surface area contributed by atoms with Gasteiger partial charge in [0.2, 0.25) is 0 Å². The van der Waals surface area contributed by atoms with E-state index in [0.717, 1.165) is 42.7 Å². The highest BCUT2D eigenvalue weighted by Crippen LogP contribution is 2.28. The van der Waals surface area contributed by atoms with Gasteiger partial charge < -0.3 is 15.4 Å². The van der Waals surface area contributed by atoms with Gasteiger partial charge in [0.1, 0.15) is 17.4 Å². The molecule has 2 fully saturated rings. The standard InChI is InChI=1S/C24H27N5O2/c25-23-18-8-1-3-10-20(18)26-22(27-23)16-28-12-14-29(15-13-28)24(30)19-9-2-4-11-21(19)31-17-6-5-7-17/h1-4,8-11,17H,5-7,12-16H2,(H2,25,26,27). The van der Waals surface area contributed by atoms with E-state index in [-0.39, 0.29) is 12.0 Å². The zero-order chi connectivity index (χ0) is 21.2. The van der Waals surface area contributed by atoms with Crippen molar-refractivity contribution in [1.82, 2.24) is 19.8 Å². The van der Waals surface area contributed by atoms with Gasteiger partial charge in [-0.25, -0.2) is 9.97 Å². The number of piperazine rings is 1. The van der Waals surface area contributed by atoms with E-state index in [9.17, 15) is 4.79 Å². The van der Waals surface area contributed by atoms with E-state index in [2.05, 4.69) is 14.9 Å². The minimum absolute atomic E-state index is 0.0424. The van der Waals surface area contributed by atoms with Gasteiger partial charge in [0, 0.05) is 31.6 Å². The molecule has 0 atom stereocenters. The number of amides is 1. The fraction of sp³-hybridized carbons (Fsp3) is 0.375. The molecule has 5 rings (SSSR count). The Bertz CT molecular complexity index is 1090. The van der Waals surface area contributed by atoms with Crippen molar-refractivity contribution in [3.63, 3.8) is 0 Å². The SMILES string of the molecule is Nc1nc(CN2CCN(C(=O)c3ccccc3OC3CCC3)CC2)nc2ccccc12. The highest BCUT2D eigenvalue weighted by Gasteiger charge is 2.26. The molecule has 2 N–H and O–H groups in total. The van der Waals surface area contributed by atoms with E-state index in [1.165, 1.54) is 6.42 Å². The fourth-order valence-corrected chi connectivity index (χ4v) is 4.12. The molecule has 0 bridgehead atoms. The topological polar surface area (TPSA) is 84.6 Å². The van der Waals surface area contributed by atoms with Crippen LogP contribution in [-0.2, 0) is 6.54 Å². The summed E-state index contributed by atoms with van der Waals surface area (Å²) in [6.07, 6.45) is 3.60. The Kier molecular flexibility index (Phi) is 5.42. The van der Waals surface area contributed by atoms with Crippen molar-refractivity contribution in [3.05, 3.63) is 59.9 Å². The Balaban J connectivity index is 1.22. The van der Waals surface area contributed by atoms with Crippen molar-refractivity contribution in [2.45, 2.75) is 31.9 Å². The maximum Gasteiger partial charge on any atom is 0.257 e. The Labute approximate surface area is 181 Å². The molecule has 31 heavy (non-hydrogen) atoms. The number of carbonyl (C=O) groups excluding carboxylic acids is 1. The number of ether oxygens (including phenoxy) is 1. The fourth-order valence-electron chi connectivity index (χ4n) is 4.12. The smallest absolute Gasteiger partial charge is 0.257 e. The lowest BCUT2D eigenvalue weighted by molar-refractivity contribution is 0.0612. The van der Waals surface area contributed by atoms with Crippen LogP contribution in [0, 0.1) is 0 Å². The first kappa shape index (κ1) is 19.8. The monoisotopic (exact) mass is 417 g/mol. The highest BCUT2D eigenvalue weighted by atomic mass is 16.5. The predicted molar refractivity (Wildman–Crippen MR) is 120 cm³/mol. The molecule has 2 heterocycles. The number of benzene rings is 2. The lowest BCUT2D eigenvalue weighted by Gasteiger charge is -2.35. The molecule has 2 aliphatic rings. The molecule has 2 aromatic carbocycles. The van der Waals surface area contributed by atoms with Crippen LogP contribution in [-0.4, -0.2) is 58.0 Å². The highest BCUT2D eigenvalue weighted by molar-refractivity contribution is 5.97. The van der Waals surface area contributed by atoms with E-state index in [1.807, 2.05) is 53.4 Å². The van der Waals surface area contributed by atoms with E-state index < -0.39 is 0 Å². The lowest BCUT2D eigenvalue weighted by atomic mass is 9.96. The molecule has 0 radical (unpaired) electrons. The average molecular weight is 418 g/mol. The minimum Gasteiger partial charge on any atom is -0.490 e. The molecule has 1 amide bonds. The van der Waals surface area contributed by atoms with Crippen molar-refractivity contribution in [3.8, 4) is 5.75 Å². The Hall–Kier alpha value is -3.19.